The van der Waals surface area contributed by atoms with Crippen molar-refractivity contribution in [3.8, 4) is 0 Å². The molecule has 1 aliphatic rings. The van der Waals surface area contributed by atoms with Crippen LogP contribution in [0.15, 0.2) is 30.3 Å². The molecule has 1 heterocycles. The molecule has 0 atom stereocenters. The van der Waals surface area contributed by atoms with E-state index in [1.165, 1.54) is 18.7 Å². The summed E-state index contributed by atoms with van der Waals surface area (Å²) >= 11 is 0. The molecule has 0 radical (unpaired) electrons. The second-order valence-corrected chi connectivity index (χ2v) is 3.79. The summed E-state index contributed by atoms with van der Waals surface area (Å²) in [5, 5.41) is 17.3. The molecule has 0 spiro atoms. The fraction of sp³-hybridized carbons (Fsp3) is 0.417. The van der Waals surface area contributed by atoms with E-state index in [-0.39, 0.29) is 0 Å². The summed E-state index contributed by atoms with van der Waals surface area (Å²) < 4.78 is 0. The molecule has 1 aliphatic heterocycles. The second-order valence-electron chi connectivity index (χ2n) is 3.79. The van der Waals surface area contributed by atoms with Gasteiger partial charge >= 0.3 is 6.16 Å². The number of hydrogen-bond donors (Lipinski definition) is 3. The molecule has 5 heteroatoms. The average molecular weight is 238 g/mol. The second kappa shape index (κ2) is 7.65. The number of carboxylic acid groups (broad SMARTS) is 2. The van der Waals surface area contributed by atoms with Crippen LogP contribution in [0.3, 0.4) is 0 Å². The Morgan fingerprint density at radius 2 is 1.71 bits per heavy atom. The van der Waals surface area contributed by atoms with Crippen LogP contribution in [0.2, 0.25) is 0 Å². The lowest BCUT2D eigenvalue weighted by Crippen LogP contribution is -2.42. The zero-order valence-corrected chi connectivity index (χ0v) is 9.67. The Hall–Kier alpha value is -1.59. The van der Waals surface area contributed by atoms with E-state index in [2.05, 4.69) is 40.5 Å². The van der Waals surface area contributed by atoms with Crippen molar-refractivity contribution in [2.45, 2.75) is 6.54 Å². The largest absolute Gasteiger partial charge is 0.503 e. The van der Waals surface area contributed by atoms with E-state index in [0.717, 1.165) is 19.6 Å². The molecule has 2 rings (SSSR count). The van der Waals surface area contributed by atoms with Gasteiger partial charge < -0.3 is 15.5 Å². The quantitative estimate of drug-likeness (QED) is 0.724. The van der Waals surface area contributed by atoms with Gasteiger partial charge in [0.05, 0.1) is 0 Å². The summed E-state index contributed by atoms with van der Waals surface area (Å²) in [6.45, 7) is 5.71. The monoisotopic (exact) mass is 238 g/mol. The van der Waals surface area contributed by atoms with Crippen molar-refractivity contribution < 1.29 is 15.0 Å². The number of nitrogens with zero attached hydrogens (tertiary/aromatic N) is 1. The minimum absolute atomic E-state index is 1.10. The smallest absolute Gasteiger partial charge is 0.450 e. The van der Waals surface area contributed by atoms with Crippen LogP contribution in [-0.2, 0) is 6.54 Å². The van der Waals surface area contributed by atoms with Gasteiger partial charge in [0.1, 0.15) is 0 Å². The molecule has 0 aliphatic carbocycles. The molecule has 5 nitrogen and oxygen atoms in total. The molecule has 3 N–H and O–H groups in total. The summed E-state index contributed by atoms with van der Waals surface area (Å²) in [4.78, 5) is 11.0. The fourth-order valence-corrected chi connectivity index (χ4v) is 1.71. The summed E-state index contributed by atoms with van der Waals surface area (Å²) in [6, 6.07) is 10.7. The van der Waals surface area contributed by atoms with Crippen molar-refractivity contribution in [1.29, 1.82) is 0 Å². The fourth-order valence-electron chi connectivity index (χ4n) is 1.71. The Kier molecular flexibility index (Phi) is 6.06. The number of piperazine rings is 1. The van der Waals surface area contributed by atoms with Crippen LogP contribution in [-0.4, -0.2) is 47.4 Å². The van der Waals surface area contributed by atoms with Crippen LogP contribution in [0.25, 0.3) is 0 Å². The van der Waals surface area contributed by atoms with E-state index < -0.39 is 6.16 Å². The molecule has 1 aromatic carbocycles. The lowest BCUT2D eigenvalue weighted by Gasteiger charge is -2.27. The number of rotatable bonds is 2. The number of carbonyl (C=O) groups is 1. The number of hydrogen-bond acceptors (Lipinski definition) is 3. The van der Waals surface area contributed by atoms with Gasteiger partial charge in [0.2, 0.25) is 0 Å². The molecule has 0 saturated carbocycles. The highest BCUT2D eigenvalue weighted by atomic mass is 16.6. The Bertz CT molecular complexity index is 320. The summed E-state index contributed by atoms with van der Waals surface area (Å²) in [5.41, 5.74) is 1.42. The maximum absolute atomic E-state index is 8.56. The first-order valence-corrected chi connectivity index (χ1v) is 5.57. The van der Waals surface area contributed by atoms with Crippen molar-refractivity contribution >= 4 is 6.16 Å². The van der Waals surface area contributed by atoms with Crippen LogP contribution in [0, 0.1) is 0 Å². The molecule has 0 unspecified atom stereocenters. The maximum Gasteiger partial charge on any atom is 0.503 e. The molecule has 1 aromatic rings. The van der Waals surface area contributed by atoms with Crippen LogP contribution in [0.1, 0.15) is 5.56 Å². The number of benzene rings is 1. The van der Waals surface area contributed by atoms with E-state index in [0.29, 0.717) is 0 Å². The zero-order chi connectivity index (χ0) is 12.5. The van der Waals surface area contributed by atoms with Crippen molar-refractivity contribution in [1.82, 2.24) is 10.2 Å². The maximum atomic E-state index is 8.56. The molecule has 17 heavy (non-hydrogen) atoms. The number of nitrogens with one attached hydrogen (secondary N) is 1. The first-order valence-electron chi connectivity index (χ1n) is 5.57. The van der Waals surface area contributed by atoms with E-state index in [4.69, 9.17) is 15.0 Å². The van der Waals surface area contributed by atoms with Crippen LogP contribution in [0.5, 0.6) is 0 Å². The van der Waals surface area contributed by atoms with Gasteiger partial charge in [-0.15, -0.1) is 0 Å². The average Bonchev–Trinajstić information content (AvgIpc) is 2.31. The van der Waals surface area contributed by atoms with Crippen molar-refractivity contribution in [2.75, 3.05) is 26.2 Å². The highest BCUT2D eigenvalue weighted by molar-refractivity contribution is 5.53. The van der Waals surface area contributed by atoms with Gasteiger partial charge in [-0.1, -0.05) is 30.3 Å². The van der Waals surface area contributed by atoms with Gasteiger partial charge in [-0.3, -0.25) is 4.90 Å². The summed E-state index contributed by atoms with van der Waals surface area (Å²) in [6.07, 6.45) is -1.83. The summed E-state index contributed by atoms with van der Waals surface area (Å²) in [5.74, 6) is 0. The molecule has 0 amide bonds. The molecule has 1 saturated heterocycles. The predicted molar refractivity (Wildman–Crippen MR) is 65.2 cm³/mol. The normalized spacial score (nSPS) is 15.8. The molecule has 0 aromatic heterocycles. The Morgan fingerprint density at radius 1 is 1.18 bits per heavy atom. The van der Waals surface area contributed by atoms with Crippen molar-refractivity contribution in [3.05, 3.63) is 35.9 Å². The lowest BCUT2D eigenvalue weighted by atomic mass is 10.2. The van der Waals surface area contributed by atoms with Crippen molar-refractivity contribution in [2.24, 2.45) is 0 Å². The zero-order valence-electron chi connectivity index (χ0n) is 9.67. The molecule has 0 bridgehead atoms. The van der Waals surface area contributed by atoms with Gasteiger partial charge in [-0.25, -0.2) is 4.79 Å². The molecular formula is C12H18N2O3. The Morgan fingerprint density at radius 3 is 2.24 bits per heavy atom. The van der Waals surface area contributed by atoms with Crippen LogP contribution in [0.4, 0.5) is 4.79 Å². The van der Waals surface area contributed by atoms with E-state index in [1.54, 1.807) is 0 Å². The minimum atomic E-state index is -1.83. The third-order valence-electron chi connectivity index (χ3n) is 2.46. The van der Waals surface area contributed by atoms with E-state index >= 15 is 0 Å². The van der Waals surface area contributed by atoms with Gasteiger partial charge in [0, 0.05) is 32.7 Å². The highest BCUT2D eigenvalue weighted by Crippen LogP contribution is 2.04. The van der Waals surface area contributed by atoms with Crippen LogP contribution >= 0.6 is 0 Å². The van der Waals surface area contributed by atoms with Gasteiger partial charge in [-0.05, 0) is 5.56 Å². The molecular weight excluding hydrogens is 220 g/mol. The highest BCUT2D eigenvalue weighted by Gasteiger charge is 2.08. The SMILES string of the molecule is O=C(O)O.c1ccc(CN2CCNCC2)cc1. The standard InChI is InChI=1S/C11H16N2.CH2O3/c1-2-4-11(5-3-1)10-13-8-6-12-7-9-13;2-1(3)4/h1-5,12H,6-10H2;(H2,2,3,4). The van der Waals surface area contributed by atoms with Crippen molar-refractivity contribution in [3.63, 3.8) is 0 Å². The molecule has 94 valence electrons. The van der Waals surface area contributed by atoms with Gasteiger partial charge in [-0.2, -0.15) is 0 Å². The predicted octanol–water partition coefficient (Wildman–Crippen LogP) is 1.31. The lowest BCUT2D eigenvalue weighted by molar-refractivity contribution is 0.137. The topological polar surface area (TPSA) is 72.8 Å². The third kappa shape index (κ3) is 6.55. The third-order valence-corrected chi connectivity index (χ3v) is 2.46. The Labute approximate surface area is 101 Å². The Balaban J connectivity index is 0.000000317. The minimum Gasteiger partial charge on any atom is -0.450 e. The van der Waals surface area contributed by atoms with Gasteiger partial charge in [0.25, 0.3) is 0 Å². The van der Waals surface area contributed by atoms with E-state index in [1.807, 2.05) is 0 Å². The van der Waals surface area contributed by atoms with Gasteiger partial charge in [0.15, 0.2) is 0 Å². The van der Waals surface area contributed by atoms with Crippen LogP contribution < -0.4 is 5.32 Å². The molecule has 1 fully saturated rings. The first kappa shape index (κ1) is 13.5. The summed E-state index contributed by atoms with van der Waals surface area (Å²) in [7, 11) is 0. The first-order chi connectivity index (χ1) is 8.18. The van der Waals surface area contributed by atoms with E-state index in [9.17, 15) is 0 Å².